The van der Waals surface area contributed by atoms with Gasteiger partial charge in [0.05, 0.1) is 32.8 Å². The summed E-state index contributed by atoms with van der Waals surface area (Å²) in [5.41, 5.74) is 3.54. The maximum Gasteiger partial charge on any atom is 0.173 e. The molecule has 0 saturated carbocycles. The Morgan fingerprint density at radius 3 is 2.69 bits per heavy atom. The molecule has 2 aromatic carbocycles. The lowest BCUT2D eigenvalue weighted by molar-refractivity contribution is -0.917. The molecule has 6 heteroatoms. The quantitative estimate of drug-likeness (QED) is 0.805. The molecule has 136 valence electrons. The van der Waals surface area contributed by atoms with Crippen molar-refractivity contribution in [1.29, 1.82) is 0 Å². The summed E-state index contributed by atoms with van der Waals surface area (Å²) in [7, 11) is 0. The molecule has 0 aliphatic carbocycles. The van der Waals surface area contributed by atoms with E-state index in [2.05, 4.69) is 28.4 Å². The van der Waals surface area contributed by atoms with Crippen LogP contribution >= 0.6 is 12.2 Å². The van der Waals surface area contributed by atoms with Crippen molar-refractivity contribution in [2.45, 2.75) is 13.0 Å². The molecule has 2 aliphatic rings. The van der Waals surface area contributed by atoms with Crippen LogP contribution < -0.4 is 15.0 Å². The molecule has 0 unspecified atom stereocenters. The number of ether oxygens (including phenoxy) is 1. The first-order valence-electron chi connectivity index (χ1n) is 9.07. The SMILES string of the molecule is Fc1ccc(NC(=S)N2CC[NH+](Cc3ccc4c(c3)CCO4)CC2)cc1. The zero-order chi connectivity index (χ0) is 17.9. The van der Waals surface area contributed by atoms with Gasteiger partial charge >= 0.3 is 0 Å². The fraction of sp³-hybridized carbons (Fsp3) is 0.350. The fourth-order valence-electron chi connectivity index (χ4n) is 3.58. The van der Waals surface area contributed by atoms with E-state index in [0.29, 0.717) is 5.11 Å². The maximum atomic E-state index is 13.0. The topological polar surface area (TPSA) is 28.9 Å². The van der Waals surface area contributed by atoms with E-state index in [0.717, 1.165) is 57.2 Å². The molecule has 0 aromatic heterocycles. The highest BCUT2D eigenvalue weighted by Crippen LogP contribution is 2.25. The third kappa shape index (κ3) is 3.97. The normalized spacial score (nSPS) is 16.9. The van der Waals surface area contributed by atoms with Gasteiger partial charge in [0.25, 0.3) is 0 Å². The summed E-state index contributed by atoms with van der Waals surface area (Å²) in [6, 6.07) is 12.9. The van der Waals surface area contributed by atoms with E-state index < -0.39 is 0 Å². The minimum Gasteiger partial charge on any atom is -0.493 e. The molecule has 0 amide bonds. The van der Waals surface area contributed by atoms with Gasteiger partial charge in [-0.15, -0.1) is 0 Å². The number of thiocarbonyl (C=S) groups is 1. The van der Waals surface area contributed by atoms with E-state index in [1.165, 1.54) is 23.3 Å². The lowest BCUT2D eigenvalue weighted by atomic mass is 10.1. The number of nitrogens with one attached hydrogen (secondary N) is 2. The second-order valence-corrected chi connectivity index (χ2v) is 7.28. The largest absolute Gasteiger partial charge is 0.493 e. The molecule has 1 saturated heterocycles. The van der Waals surface area contributed by atoms with E-state index in [-0.39, 0.29) is 5.82 Å². The van der Waals surface area contributed by atoms with E-state index in [1.807, 2.05) is 0 Å². The molecule has 0 spiro atoms. The summed E-state index contributed by atoms with van der Waals surface area (Å²) in [5.74, 6) is 0.808. The van der Waals surface area contributed by atoms with Crippen LogP contribution in [-0.2, 0) is 13.0 Å². The summed E-state index contributed by atoms with van der Waals surface area (Å²) < 4.78 is 18.6. The maximum absolute atomic E-state index is 13.0. The van der Waals surface area contributed by atoms with Gasteiger partial charge in [-0.05, 0) is 60.2 Å². The lowest BCUT2D eigenvalue weighted by Gasteiger charge is -2.34. The van der Waals surface area contributed by atoms with Crippen LogP contribution in [0, 0.1) is 5.82 Å². The summed E-state index contributed by atoms with van der Waals surface area (Å²) in [5, 5.41) is 3.91. The van der Waals surface area contributed by atoms with Crippen molar-refractivity contribution in [3.05, 3.63) is 59.4 Å². The smallest absolute Gasteiger partial charge is 0.173 e. The van der Waals surface area contributed by atoms with Crippen LogP contribution in [0.15, 0.2) is 42.5 Å². The summed E-state index contributed by atoms with van der Waals surface area (Å²) in [6.45, 7) is 5.81. The Hall–Kier alpha value is -2.18. The van der Waals surface area contributed by atoms with Crippen molar-refractivity contribution < 1.29 is 14.0 Å². The van der Waals surface area contributed by atoms with E-state index in [1.54, 1.807) is 17.0 Å². The molecule has 2 heterocycles. The molecule has 2 N–H and O–H groups in total. The van der Waals surface area contributed by atoms with Gasteiger partial charge in [-0.1, -0.05) is 0 Å². The second kappa shape index (κ2) is 7.60. The van der Waals surface area contributed by atoms with Gasteiger partial charge in [0, 0.05) is 17.7 Å². The number of halogens is 1. The number of benzene rings is 2. The highest BCUT2D eigenvalue weighted by molar-refractivity contribution is 7.80. The molecular weight excluding hydrogens is 349 g/mol. The van der Waals surface area contributed by atoms with Crippen LogP contribution in [0.5, 0.6) is 5.75 Å². The number of anilines is 1. The number of rotatable bonds is 3. The number of hydrogen-bond donors (Lipinski definition) is 2. The van der Waals surface area contributed by atoms with Crippen LogP contribution in [0.3, 0.4) is 0 Å². The van der Waals surface area contributed by atoms with Crippen LogP contribution in [0.1, 0.15) is 11.1 Å². The van der Waals surface area contributed by atoms with Crippen molar-refractivity contribution >= 4 is 23.0 Å². The Balaban J connectivity index is 1.28. The van der Waals surface area contributed by atoms with Crippen molar-refractivity contribution in [3.8, 4) is 5.75 Å². The van der Waals surface area contributed by atoms with Crippen LogP contribution in [0.2, 0.25) is 0 Å². The first kappa shape index (κ1) is 17.2. The third-order valence-electron chi connectivity index (χ3n) is 5.06. The average molecular weight is 372 g/mol. The van der Waals surface area contributed by atoms with Crippen LogP contribution in [0.4, 0.5) is 10.1 Å². The van der Waals surface area contributed by atoms with Gasteiger partial charge < -0.3 is 19.9 Å². The molecule has 2 aromatic rings. The average Bonchev–Trinajstić information content (AvgIpc) is 3.12. The summed E-state index contributed by atoms with van der Waals surface area (Å²) in [4.78, 5) is 3.77. The van der Waals surface area contributed by atoms with E-state index in [4.69, 9.17) is 17.0 Å². The molecule has 2 aliphatic heterocycles. The highest BCUT2D eigenvalue weighted by atomic mass is 32.1. The minimum absolute atomic E-state index is 0.239. The number of piperazine rings is 1. The van der Waals surface area contributed by atoms with Gasteiger partial charge in [0.1, 0.15) is 18.1 Å². The summed E-state index contributed by atoms with van der Waals surface area (Å²) in [6.07, 6.45) is 1.02. The molecule has 0 atom stereocenters. The molecule has 1 fully saturated rings. The zero-order valence-corrected chi connectivity index (χ0v) is 15.4. The molecule has 4 rings (SSSR count). The highest BCUT2D eigenvalue weighted by Gasteiger charge is 2.22. The molecule has 0 radical (unpaired) electrons. The molecular formula is C20H23FN3OS+. The monoisotopic (exact) mass is 372 g/mol. The predicted octanol–water partition coefficient (Wildman–Crippen LogP) is 1.86. The Morgan fingerprint density at radius 1 is 1.15 bits per heavy atom. The Kier molecular flexibility index (Phi) is 5.04. The number of nitrogens with zero attached hydrogens (tertiary/aromatic N) is 1. The van der Waals surface area contributed by atoms with Crippen molar-refractivity contribution in [2.75, 3.05) is 38.1 Å². The van der Waals surface area contributed by atoms with Gasteiger partial charge in [-0.25, -0.2) is 4.39 Å². The van der Waals surface area contributed by atoms with E-state index in [9.17, 15) is 4.39 Å². The van der Waals surface area contributed by atoms with E-state index >= 15 is 0 Å². The number of hydrogen-bond acceptors (Lipinski definition) is 2. The number of fused-ring (bicyclic) bond motifs is 1. The van der Waals surface area contributed by atoms with Crippen LogP contribution in [0.25, 0.3) is 0 Å². The Labute approximate surface area is 158 Å². The van der Waals surface area contributed by atoms with Crippen molar-refractivity contribution in [2.24, 2.45) is 0 Å². The minimum atomic E-state index is -0.239. The molecule has 0 bridgehead atoms. The lowest BCUT2D eigenvalue weighted by Crippen LogP contribution is -3.13. The van der Waals surface area contributed by atoms with Crippen molar-refractivity contribution in [3.63, 3.8) is 0 Å². The molecule has 4 nitrogen and oxygen atoms in total. The second-order valence-electron chi connectivity index (χ2n) is 6.89. The van der Waals surface area contributed by atoms with Gasteiger partial charge in [0.15, 0.2) is 5.11 Å². The number of quaternary nitrogens is 1. The zero-order valence-electron chi connectivity index (χ0n) is 14.6. The Morgan fingerprint density at radius 2 is 1.92 bits per heavy atom. The standard InChI is InChI=1S/C20H22FN3OS/c21-17-2-4-18(5-3-17)22-20(26)24-10-8-23(9-11-24)14-15-1-6-19-16(13-15)7-12-25-19/h1-6,13H,7-12,14H2,(H,22,26)/p+1. The Bertz CT molecular complexity index is 788. The third-order valence-corrected chi connectivity index (χ3v) is 5.42. The van der Waals surface area contributed by atoms with Gasteiger partial charge in [-0.2, -0.15) is 0 Å². The summed E-state index contributed by atoms with van der Waals surface area (Å²) >= 11 is 5.51. The molecule has 26 heavy (non-hydrogen) atoms. The van der Waals surface area contributed by atoms with Gasteiger partial charge in [0.2, 0.25) is 0 Å². The van der Waals surface area contributed by atoms with Crippen molar-refractivity contribution in [1.82, 2.24) is 4.90 Å². The first-order chi connectivity index (χ1) is 12.7. The van der Waals surface area contributed by atoms with Crippen LogP contribution in [-0.4, -0.2) is 42.8 Å². The first-order valence-corrected chi connectivity index (χ1v) is 9.48. The fourth-order valence-corrected chi connectivity index (χ4v) is 3.88. The predicted molar refractivity (Wildman–Crippen MR) is 104 cm³/mol. The van der Waals surface area contributed by atoms with Gasteiger partial charge in [-0.3, -0.25) is 0 Å².